The number of likely N-dealkylation sites (tertiary alicyclic amines) is 1. The maximum atomic E-state index is 12.7. The lowest BCUT2D eigenvalue weighted by Gasteiger charge is -2.31. The van der Waals surface area contributed by atoms with E-state index in [0.29, 0.717) is 17.7 Å². The number of rotatable bonds is 5. The smallest absolute Gasteiger partial charge is 0.251 e. The lowest BCUT2D eigenvalue weighted by molar-refractivity contribution is 0.0914. The highest BCUT2D eigenvalue weighted by atomic mass is 32.2. The SMILES string of the molecule is CC(C)=CCN1CCC(NC(=O)c2ccc3c(c2)CC(C)N3S(C)(=O)=O)CC1. The van der Waals surface area contributed by atoms with E-state index < -0.39 is 10.0 Å². The maximum absolute atomic E-state index is 12.7. The molecule has 0 aromatic heterocycles. The van der Waals surface area contributed by atoms with E-state index >= 15 is 0 Å². The van der Waals surface area contributed by atoms with E-state index in [2.05, 4.69) is 30.1 Å². The van der Waals surface area contributed by atoms with Gasteiger partial charge in [0.25, 0.3) is 5.91 Å². The maximum Gasteiger partial charge on any atom is 0.251 e. The molecule has 1 aromatic rings. The molecule has 0 aliphatic carbocycles. The fraction of sp³-hybridized carbons (Fsp3) is 0.571. The molecule has 1 unspecified atom stereocenters. The average molecular weight is 406 g/mol. The van der Waals surface area contributed by atoms with Crippen molar-refractivity contribution in [1.82, 2.24) is 10.2 Å². The van der Waals surface area contributed by atoms with E-state index in [1.165, 1.54) is 16.1 Å². The first-order valence-corrected chi connectivity index (χ1v) is 11.8. The van der Waals surface area contributed by atoms with Crippen LogP contribution in [-0.4, -0.2) is 57.2 Å². The number of sulfonamides is 1. The number of carbonyl (C=O) groups excluding carboxylic acids is 1. The molecule has 2 aliphatic rings. The van der Waals surface area contributed by atoms with Crippen LogP contribution in [0.2, 0.25) is 0 Å². The van der Waals surface area contributed by atoms with Crippen molar-refractivity contribution >= 4 is 21.6 Å². The summed E-state index contributed by atoms with van der Waals surface area (Å²) in [6.45, 7) is 9.06. The van der Waals surface area contributed by atoms with E-state index in [4.69, 9.17) is 0 Å². The molecule has 0 bridgehead atoms. The molecule has 2 aliphatic heterocycles. The molecule has 0 saturated carbocycles. The first-order chi connectivity index (χ1) is 13.1. The van der Waals surface area contributed by atoms with Crippen LogP contribution < -0.4 is 9.62 Å². The first kappa shape index (κ1) is 20.9. The molecule has 6 nitrogen and oxygen atoms in total. The van der Waals surface area contributed by atoms with Gasteiger partial charge in [0.15, 0.2) is 0 Å². The molecule has 2 heterocycles. The fourth-order valence-electron chi connectivity index (χ4n) is 4.09. The second kappa shape index (κ2) is 8.25. The van der Waals surface area contributed by atoms with Gasteiger partial charge in [-0.25, -0.2) is 8.42 Å². The van der Waals surface area contributed by atoms with Gasteiger partial charge in [-0.3, -0.25) is 14.0 Å². The number of hydrogen-bond acceptors (Lipinski definition) is 4. The molecule has 0 spiro atoms. The number of carbonyl (C=O) groups is 1. The number of piperidine rings is 1. The topological polar surface area (TPSA) is 69.7 Å². The second-order valence-corrected chi connectivity index (χ2v) is 10.1. The zero-order valence-electron chi connectivity index (χ0n) is 17.2. The molecule has 7 heteroatoms. The molecule has 28 heavy (non-hydrogen) atoms. The van der Waals surface area contributed by atoms with Gasteiger partial charge in [-0.1, -0.05) is 11.6 Å². The van der Waals surface area contributed by atoms with Crippen LogP contribution in [0.3, 0.4) is 0 Å². The highest BCUT2D eigenvalue weighted by Gasteiger charge is 2.33. The van der Waals surface area contributed by atoms with Gasteiger partial charge in [0.1, 0.15) is 0 Å². The Labute approximate surface area is 168 Å². The van der Waals surface area contributed by atoms with Crippen molar-refractivity contribution < 1.29 is 13.2 Å². The summed E-state index contributed by atoms with van der Waals surface area (Å²) in [5.74, 6) is -0.0731. The molecule has 154 valence electrons. The zero-order valence-corrected chi connectivity index (χ0v) is 18.1. The Morgan fingerprint density at radius 1 is 1.25 bits per heavy atom. The van der Waals surface area contributed by atoms with Crippen LogP contribution in [0.5, 0.6) is 0 Å². The van der Waals surface area contributed by atoms with Crippen molar-refractivity contribution in [3.63, 3.8) is 0 Å². The number of anilines is 1. The van der Waals surface area contributed by atoms with Crippen LogP contribution in [0.15, 0.2) is 29.8 Å². The van der Waals surface area contributed by atoms with Crippen LogP contribution in [0.25, 0.3) is 0 Å². The third-order valence-corrected chi connectivity index (χ3v) is 6.80. The molecular formula is C21H31N3O3S. The van der Waals surface area contributed by atoms with E-state index in [0.717, 1.165) is 38.0 Å². The van der Waals surface area contributed by atoms with Crippen molar-refractivity contribution in [1.29, 1.82) is 0 Å². The molecule has 1 atom stereocenters. The molecule has 1 saturated heterocycles. The van der Waals surface area contributed by atoms with Crippen molar-refractivity contribution in [2.75, 3.05) is 30.2 Å². The number of nitrogens with one attached hydrogen (secondary N) is 1. The van der Waals surface area contributed by atoms with Crippen LogP contribution in [-0.2, 0) is 16.4 Å². The van der Waals surface area contributed by atoms with Gasteiger partial charge in [-0.15, -0.1) is 0 Å². The lowest BCUT2D eigenvalue weighted by Crippen LogP contribution is -2.44. The summed E-state index contributed by atoms with van der Waals surface area (Å²) < 4.78 is 25.5. The number of hydrogen-bond donors (Lipinski definition) is 1. The molecule has 3 rings (SSSR count). The Bertz CT molecular complexity index is 867. The lowest BCUT2D eigenvalue weighted by atomic mass is 10.0. The quantitative estimate of drug-likeness (QED) is 0.765. The number of nitrogens with zero attached hydrogens (tertiary/aromatic N) is 2. The minimum Gasteiger partial charge on any atom is -0.349 e. The van der Waals surface area contributed by atoms with Crippen LogP contribution in [0.4, 0.5) is 5.69 Å². The Morgan fingerprint density at radius 3 is 2.54 bits per heavy atom. The number of allylic oxidation sites excluding steroid dienone is 1. The standard InChI is InChI=1S/C21H31N3O3S/c1-15(2)7-10-23-11-8-19(9-12-23)22-21(25)17-5-6-20-18(14-17)13-16(3)24(20)28(4,26)27/h5-7,14,16,19H,8-13H2,1-4H3,(H,22,25). The second-order valence-electron chi connectivity index (χ2n) is 8.29. The van der Waals surface area contributed by atoms with E-state index in [-0.39, 0.29) is 18.0 Å². The fourth-order valence-corrected chi connectivity index (χ4v) is 5.35. The minimum absolute atomic E-state index is 0.0731. The Kier molecular flexibility index (Phi) is 6.15. The predicted octanol–water partition coefficient (Wildman–Crippen LogP) is 2.56. The molecule has 1 fully saturated rings. The molecule has 1 aromatic carbocycles. The van der Waals surface area contributed by atoms with Gasteiger partial charge >= 0.3 is 0 Å². The monoisotopic (exact) mass is 405 g/mol. The highest BCUT2D eigenvalue weighted by molar-refractivity contribution is 7.92. The third-order valence-electron chi connectivity index (χ3n) is 5.53. The minimum atomic E-state index is -3.31. The van der Waals surface area contributed by atoms with Gasteiger partial charge in [-0.2, -0.15) is 0 Å². The van der Waals surface area contributed by atoms with Gasteiger partial charge in [0.05, 0.1) is 11.9 Å². The largest absolute Gasteiger partial charge is 0.349 e. The summed E-state index contributed by atoms with van der Waals surface area (Å²) in [6, 6.07) is 5.41. The zero-order chi connectivity index (χ0) is 20.5. The molecule has 1 N–H and O–H groups in total. The molecule has 1 amide bonds. The van der Waals surface area contributed by atoms with Crippen molar-refractivity contribution in [2.45, 2.75) is 52.1 Å². The summed E-state index contributed by atoms with van der Waals surface area (Å²) in [4.78, 5) is 15.1. The number of amides is 1. The Balaban J connectivity index is 1.61. The van der Waals surface area contributed by atoms with Gasteiger partial charge in [0.2, 0.25) is 10.0 Å². The number of fused-ring (bicyclic) bond motifs is 1. The summed E-state index contributed by atoms with van der Waals surface area (Å²) in [6.07, 6.45) is 6.00. The summed E-state index contributed by atoms with van der Waals surface area (Å²) in [5.41, 5.74) is 3.55. The van der Waals surface area contributed by atoms with Crippen LogP contribution in [0, 0.1) is 0 Å². The Hall–Kier alpha value is -1.86. The summed E-state index contributed by atoms with van der Waals surface area (Å²) >= 11 is 0. The average Bonchev–Trinajstić information content (AvgIpc) is 2.96. The van der Waals surface area contributed by atoms with Crippen LogP contribution in [0.1, 0.15) is 49.5 Å². The van der Waals surface area contributed by atoms with Crippen molar-refractivity contribution in [3.05, 3.63) is 41.0 Å². The van der Waals surface area contributed by atoms with Crippen molar-refractivity contribution in [2.24, 2.45) is 0 Å². The summed E-state index contributed by atoms with van der Waals surface area (Å²) in [5, 5.41) is 3.15. The molecular weight excluding hydrogens is 374 g/mol. The van der Waals surface area contributed by atoms with E-state index in [1.807, 2.05) is 13.0 Å². The normalized spacial score (nSPS) is 20.7. The van der Waals surface area contributed by atoms with E-state index in [9.17, 15) is 13.2 Å². The van der Waals surface area contributed by atoms with Crippen molar-refractivity contribution in [3.8, 4) is 0 Å². The third kappa shape index (κ3) is 4.75. The first-order valence-electron chi connectivity index (χ1n) is 9.94. The summed E-state index contributed by atoms with van der Waals surface area (Å²) in [7, 11) is -3.31. The van der Waals surface area contributed by atoms with Gasteiger partial charge in [-0.05, 0) is 63.8 Å². The molecule has 0 radical (unpaired) electrons. The Morgan fingerprint density at radius 2 is 1.93 bits per heavy atom. The predicted molar refractivity (Wildman–Crippen MR) is 113 cm³/mol. The van der Waals surface area contributed by atoms with Crippen LogP contribution >= 0.6 is 0 Å². The van der Waals surface area contributed by atoms with E-state index in [1.54, 1.807) is 12.1 Å². The van der Waals surface area contributed by atoms with Gasteiger partial charge in [0, 0.05) is 37.3 Å². The highest BCUT2D eigenvalue weighted by Crippen LogP contribution is 2.34. The number of benzene rings is 1. The van der Waals surface area contributed by atoms with Gasteiger partial charge < -0.3 is 5.32 Å².